The zero-order valence-corrected chi connectivity index (χ0v) is 51.6. The molecule has 0 saturated heterocycles. The first-order chi connectivity index (χ1) is 39.0. The van der Waals surface area contributed by atoms with Gasteiger partial charge in [-0.15, -0.1) is 0 Å². The van der Waals surface area contributed by atoms with Crippen LogP contribution in [0.3, 0.4) is 0 Å². The molecular weight excluding hydrogens is 973 g/mol. The smallest absolute Gasteiger partial charge is 0.306 e. The summed E-state index contributed by atoms with van der Waals surface area (Å²) in [4.78, 5) is 38.4. The van der Waals surface area contributed by atoms with E-state index in [1.165, 1.54) is 128 Å². The summed E-state index contributed by atoms with van der Waals surface area (Å²) in [6.45, 7) is 6.41. The van der Waals surface area contributed by atoms with Gasteiger partial charge in [-0.2, -0.15) is 0 Å². The van der Waals surface area contributed by atoms with Crippen LogP contribution in [-0.4, -0.2) is 37.2 Å². The molecule has 0 saturated carbocycles. The van der Waals surface area contributed by atoms with Crippen molar-refractivity contribution in [2.24, 2.45) is 0 Å². The third-order valence-electron chi connectivity index (χ3n) is 13.9. The molecule has 0 rings (SSSR count). The van der Waals surface area contributed by atoms with Crippen LogP contribution in [0.1, 0.15) is 303 Å². The Kier molecular flexibility index (Phi) is 62.8. The molecule has 1 unspecified atom stereocenters. The Morgan fingerprint density at radius 1 is 0.266 bits per heavy atom. The van der Waals surface area contributed by atoms with Crippen LogP contribution >= 0.6 is 0 Å². The molecule has 450 valence electrons. The monoisotopic (exact) mass is 1090 g/mol. The van der Waals surface area contributed by atoms with Crippen LogP contribution in [0.5, 0.6) is 0 Å². The number of carbonyl (C=O) groups is 3. The summed E-state index contributed by atoms with van der Waals surface area (Å²) in [5, 5.41) is 0. The zero-order chi connectivity index (χ0) is 57.1. The highest BCUT2D eigenvalue weighted by molar-refractivity contribution is 5.71. The Hall–Kier alpha value is -4.19. The molecule has 79 heavy (non-hydrogen) atoms. The average molecular weight is 1100 g/mol. The Balaban J connectivity index is 4.39. The fourth-order valence-electron chi connectivity index (χ4n) is 9.04. The minimum absolute atomic E-state index is 0.0887. The number of hydrogen-bond acceptors (Lipinski definition) is 6. The van der Waals surface area contributed by atoms with E-state index in [2.05, 4.69) is 142 Å². The van der Waals surface area contributed by atoms with E-state index in [4.69, 9.17) is 14.2 Å². The first kappa shape index (κ1) is 74.8. The second kappa shape index (κ2) is 66.3. The number of allylic oxidation sites excluding steroid dienone is 20. The van der Waals surface area contributed by atoms with Gasteiger partial charge in [-0.25, -0.2) is 0 Å². The lowest BCUT2D eigenvalue weighted by Crippen LogP contribution is -2.30. The second-order valence-corrected chi connectivity index (χ2v) is 21.6. The Morgan fingerprint density at radius 3 is 0.785 bits per heavy atom. The Bertz CT molecular complexity index is 1640. The van der Waals surface area contributed by atoms with Crippen LogP contribution in [0.25, 0.3) is 0 Å². The molecule has 0 aromatic heterocycles. The number of carbonyl (C=O) groups excluding carboxylic acids is 3. The van der Waals surface area contributed by atoms with Crippen molar-refractivity contribution >= 4 is 17.9 Å². The molecule has 6 nitrogen and oxygen atoms in total. The molecule has 0 spiro atoms. The van der Waals surface area contributed by atoms with E-state index in [1.54, 1.807) is 0 Å². The van der Waals surface area contributed by atoms with Gasteiger partial charge in [-0.3, -0.25) is 14.4 Å². The van der Waals surface area contributed by atoms with Crippen LogP contribution in [0.2, 0.25) is 0 Å². The van der Waals surface area contributed by atoms with Crippen molar-refractivity contribution in [3.05, 3.63) is 122 Å². The minimum atomic E-state index is -0.793. The van der Waals surface area contributed by atoms with Crippen molar-refractivity contribution in [2.75, 3.05) is 13.2 Å². The molecule has 6 heteroatoms. The first-order valence-corrected chi connectivity index (χ1v) is 33.0. The van der Waals surface area contributed by atoms with E-state index < -0.39 is 6.10 Å². The zero-order valence-electron chi connectivity index (χ0n) is 51.6. The summed E-state index contributed by atoms with van der Waals surface area (Å²) in [5.41, 5.74) is 0. The molecule has 0 aromatic rings. The van der Waals surface area contributed by atoms with Crippen molar-refractivity contribution in [1.82, 2.24) is 0 Å². The first-order valence-electron chi connectivity index (χ1n) is 33.0. The van der Waals surface area contributed by atoms with Crippen LogP contribution < -0.4 is 0 Å². The summed E-state index contributed by atoms with van der Waals surface area (Å²) in [6, 6.07) is 0. The van der Waals surface area contributed by atoms with Gasteiger partial charge in [-0.05, 0) is 128 Å². The van der Waals surface area contributed by atoms with Crippen LogP contribution in [0.15, 0.2) is 122 Å². The van der Waals surface area contributed by atoms with E-state index in [0.29, 0.717) is 19.3 Å². The predicted octanol–water partition coefficient (Wildman–Crippen LogP) is 22.8. The van der Waals surface area contributed by atoms with Gasteiger partial charge in [0.15, 0.2) is 6.10 Å². The summed E-state index contributed by atoms with van der Waals surface area (Å²) >= 11 is 0. The normalized spacial score (nSPS) is 12.9. The van der Waals surface area contributed by atoms with E-state index in [-0.39, 0.29) is 31.1 Å². The summed E-state index contributed by atoms with van der Waals surface area (Å²) in [5.74, 6) is -0.903. The van der Waals surface area contributed by atoms with E-state index in [9.17, 15) is 14.4 Å². The van der Waals surface area contributed by atoms with Gasteiger partial charge >= 0.3 is 17.9 Å². The third kappa shape index (κ3) is 64.5. The van der Waals surface area contributed by atoms with Gasteiger partial charge in [-0.1, -0.05) is 277 Å². The minimum Gasteiger partial charge on any atom is -0.462 e. The maximum Gasteiger partial charge on any atom is 0.306 e. The van der Waals surface area contributed by atoms with Crippen molar-refractivity contribution < 1.29 is 28.6 Å². The fraction of sp³-hybridized carbons (Fsp3) is 0.685. The third-order valence-corrected chi connectivity index (χ3v) is 13.9. The molecule has 1 atom stereocenters. The predicted molar refractivity (Wildman–Crippen MR) is 343 cm³/mol. The van der Waals surface area contributed by atoms with Gasteiger partial charge in [0.05, 0.1) is 0 Å². The molecule has 0 heterocycles. The van der Waals surface area contributed by atoms with Crippen molar-refractivity contribution in [1.29, 1.82) is 0 Å². The van der Waals surface area contributed by atoms with Gasteiger partial charge in [0.2, 0.25) is 0 Å². The number of ether oxygens (including phenoxy) is 3. The lowest BCUT2D eigenvalue weighted by molar-refractivity contribution is -0.167. The van der Waals surface area contributed by atoms with Crippen LogP contribution in [0, 0.1) is 0 Å². The standard InChI is InChI=1S/C73H122O6/c1-4-7-10-13-16-19-22-25-28-30-32-34-35-36-37-39-40-42-45-48-51-54-57-60-63-66-72(75)78-69-70(68-77-71(74)65-62-59-56-53-50-47-44-27-24-21-18-15-12-9-6-3)79-73(76)67-64-61-58-55-52-49-46-43-41-38-33-31-29-26-23-20-17-14-11-8-5-2/h7-8,10-11,16-17,19-20,25-29,32-34,36-38,44,70H,4-6,9,12-15,18,21-24,30-31,35,39-43,45-69H2,1-3H3/b10-7-,11-8-,19-16-,20-17-,28-25-,29-26-,34-32-,37-36-,38-33-,44-27-. The maximum atomic E-state index is 12.9. The fourth-order valence-corrected chi connectivity index (χ4v) is 9.04. The molecule has 0 aliphatic rings. The van der Waals surface area contributed by atoms with Crippen LogP contribution in [0.4, 0.5) is 0 Å². The van der Waals surface area contributed by atoms with Gasteiger partial charge in [0.1, 0.15) is 13.2 Å². The lowest BCUT2D eigenvalue weighted by atomic mass is 10.1. The van der Waals surface area contributed by atoms with E-state index in [0.717, 1.165) is 135 Å². The highest BCUT2D eigenvalue weighted by Gasteiger charge is 2.19. The Morgan fingerprint density at radius 2 is 0.494 bits per heavy atom. The SMILES string of the molecule is CC/C=C\C/C=C\C/C=C\C/C=C\C/C=C\CCCCCCCCCCCC(=O)OCC(COC(=O)CCCCCCC/C=C\CCCCCCCC)OC(=O)CCCCCCCCCC/C=C\C/C=C\C/C=C\C/C=C\CC. The largest absolute Gasteiger partial charge is 0.462 e. The topological polar surface area (TPSA) is 78.9 Å². The molecule has 0 bridgehead atoms. The molecule has 0 aliphatic heterocycles. The summed E-state index contributed by atoms with van der Waals surface area (Å²) in [6.07, 6.45) is 92.0. The highest BCUT2D eigenvalue weighted by atomic mass is 16.6. The van der Waals surface area contributed by atoms with Gasteiger partial charge < -0.3 is 14.2 Å². The average Bonchev–Trinajstić information content (AvgIpc) is 3.45. The van der Waals surface area contributed by atoms with Crippen LogP contribution in [-0.2, 0) is 28.6 Å². The van der Waals surface area contributed by atoms with E-state index in [1.807, 2.05) is 0 Å². The maximum absolute atomic E-state index is 12.9. The van der Waals surface area contributed by atoms with Crippen molar-refractivity contribution in [2.45, 2.75) is 309 Å². The summed E-state index contributed by atoms with van der Waals surface area (Å²) < 4.78 is 16.9. The molecule has 0 radical (unpaired) electrons. The molecule has 0 aromatic carbocycles. The molecule has 0 amide bonds. The highest BCUT2D eigenvalue weighted by Crippen LogP contribution is 2.16. The molecule has 0 aliphatic carbocycles. The number of esters is 3. The quantitative estimate of drug-likeness (QED) is 0.0261. The number of unbranched alkanes of at least 4 members (excludes halogenated alkanes) is 28. The Labute approximate surface area is 488 Å². The summed E-state index contributed by atoms with van der Waals surface area (Å²) in [7, 11) is 0. The molecular formula is C73H122O6. The second-order valence-electron chi connectivity index (χ2n) is 21.6. The van der Waals surface area contributed by atoms with Crippen molar-refractivity contribution in [3.8, 4) is 0 Å². The van der Waals surface area contributed by atoms with Gasteiger partial charge in [0, 0.05) is 19.3 Å². The van der Waals surface area contributed by atoms with E-state index >= 15 is 0 Å². The molecule has 0 N–H and O–H groups in total. The van der Waals surface area contributed by atoms with Crippen molar-refractivity contribution in [3.63, 3.8) is 0 Å². The van der Waals surface area contributed by atoms with Gasteiger partial charge in [0.25, 0.3) is 0 Å². The number of hydrogen-bond donors (Lipinski definition) is 0. The molecule has 0 fully saturated rings. The number of rotatable bonds is 59. The lowest BCUT2D eigenvalue weighted by Gasteiger charge is -2.18.